The van der Waals surface area contributed by atoms with E-state index in [1.165, 1.54) is 11.1 Å². The highest BCUT2D eigenvalue weighted by atomic mass is 32.1. The lowest BCUT2D eigenvalue weighted by Gasteiger charge is -2.29. The Labute approximate surface area is 153 Å². The maximum Gasteiger partial charge on any atom is 0.410 e. The van der Waals surface area contributed by atoms with Crippen LogP contribution in [0.15, 0.2) is 35.7 Å². The van der Waals surface area contributed by atoms with Crippen LogP contribution in [0.3, 0.4) is 0 Å². The Morgan fingerprint density at radius 2 is 2.04 bits per heavy atom. The minimum Gasteiger partial charge on any atom is -0.444 e. The molecule has 1 aliphatic heterocycles. The number of aromatic nitrogens is 1. The van der Waals surface area contributed by atoms with E-state index in [9.17, 15) is 4.79 Å². The highest BCUT2D eigenvalue weighted by molar-refractivity contribution is 7.09. The number of thiazole rings is 1. The highest BCUT2D eigenvalue weighted by Gasteiger charge is 2.23. The van der Waals surface area contributed by atoms with Gasteiger partial charge in [-0.1, -0.05) is 24.3 Å². The van der Waals surface area contributed by atoms with Crippen molar-refractivity contribution in [1.29, 1.82) is 0 Å². The van der Waals surface area contributed by atoms with Crippen LogP contribution in [-0.4, -0.2) is 34.7 Å². The van der Waals surface area contributed by atoms with Crippen molar-refractivity contribution in [3.8, 4) is 11.3 Å². The lowest BCUT2D eigenvalue weighted by Crippen LogP contribution is -2.39. The molecule has 132 valence electrons. The van der Waals surface area contributed by atoms with Crippen molar-refractivity contribution in [2.75, 3.05) is 13.1 Å². The van der Waals surface area contributed by atoms with Crippen LogP contribution >= 0.6 is 11.3 Å². The zero-order valence-corrected chi connectivity index (χ0v) is 16.0. The number of rotatable bonds is 2. The molecule has 4 nitrogen and oxygen atoms in total. The Hall–Kier alpha value is -2.14. The number of nitrogens with zero attached hydrogens (tertiary/aromatic N) is 2. The summed E-state index contributed by atoms with van der Waals surface area (Å²) in [4.78, 5) is 18.5. The SMILES string of the molecule is Cc1nc(-c2cccc(C3=CCN(C(=O)OC(C)(C)C)CC3)c2)cs1. The minimum atomic E-state index is -0.457. The molecule has 1 amide bonds. The number of amides is 1. The maximum atomic E-state index is 12.2. The van der Waals surface area contributed by atoms with E-state index in [2.05, 4.69) is 40.7 Å². The van der Waals surface area contributed by atoms with Crippen LogP contribution in [0.2, 0.25) is 0 Å². The summed E-state index contributed by atoms with van der Waals surface area (Å²) in [6, 6.07) is 8.47. The first-order valence-electron chi connectivity index (χ1n) is 8.52. The average molecular weight is 356 g/mol. The Kier molecular flexibility index (Phi) is 4.95. The zero-order chi connectivity index (χ0) is 18.0. The van der Waals surface area contributed by atoms with Gasteiger partial charge in [-0.15, -0.1) is 11.3 Å². The summed E-state index contributed by atoms with van der Waals surface area (Å²) in [5, 5.41) is 3.17. The van der Waals surface area contributed by atoms with Gasteiger partial charge < -0.3 is 9.64 Å². The summed E-state index contributed by atoms with van der Waals surface area (Å²) in [7, 11) is 0. The second-order valence-electron chi connectivity index (χ2n) is 7.24. The molecule has 0 aliphatic carbocycles. The van der Waals surface area contributed by atoms with E-state index in [-0.39, 0.29) is 6.09 Å². The largest absolute Gasteiger partial charge is 0.444 e. The van der Waals surface area contributed by atoms with Crippen LogP contribution in [0, 0.1) is 6.92 Å². The van der Waals surface area contributed by atoms with E-state index in [1.807, 2.05) is 27.7 Å². The molecule has 1 aromatic carbocycles. The second kappa shape index (κ2) is 7.00. The predicted molar refractivity (Wildman–Crippen MR) is 103 cm³/mol. The smallest absolute Gasteiger partial charge is 0.410 e. The summed E-state index contributed by atoms with van der Waals surface area (Å²) in [6.45, 7) is 8.96. The number of ether oxygens (including phenoxy) is 1. The van der Waals surface area contributed by atoms with E-state index in [0.29, 0.717) is 13.1 Å². The third-order valence-corrected chi connectivity index (χ3v) is 4.78. The zero-order valence-electron chi connectivity index (χ0n) is 15.2. The first-order valence-corrected chi connectivity index (χ1v) is 9.40. The van der Waals surface area contributed by atoms with Gasteiger partial charge in [0.15, 0.2) is 0 Å². The summed E-state index contributed by atoms with van der Waals surface area (Å²) >= 11 is 1.66. The molecule has 1 aliphatic rings. The standard InChI is InChI=1S/C20H24N2O2S/c1-14-21-18(13-25-14)17-7-5-6-16(12-17)15-8-10-22(11-9-15)19(23)24-20(2,3)4/h5-8,12-13H,9-11H2,1-4H3. The third-order valence-electron chi connectivity index (χ3n) is 4.01. The summed E-state index contributed by atoms with van der Waals surface area (Å²) in [6.07, 6.45) is 2.71. The van der Waals surface area contributed by atoms with Crippen molar-refractivity contribution in [2.45, 2.75) is 39.7 Å². The fourth-order valence-corrected chi connectivity index (χ4v) is 3.42. The van der Waals surface area contributed by atoms with Crippen molar-refractivity contribution >= 4 is 23.0 Å². The van der Waals surface area contributed by atoms with E-state index >= 15 is 0 Å². The van der Waals surface area contributed by atoms with Crippen LogP contribution in [0.4, 0.5) is 4.79 Å². The minimum absolute atomic E-state index is 0.241. The van der Waals surface area contributed by atoms with Crippen molar-refractivity contribution < 1.29 is 9.53 Å². The average Bonchev–Trinajstić information content (AvgIpc) is 3.00. The normalized spacial score (nSPS) is 15.0. The van der Waals surface area contributed by atoms with Crippen LogP contribution < -0.4 is 0 Å². The fraction of sp³-hybridized carbons (Fsp3) is 0.400. The fourth-order valence-electron chi connectivity index (χ4n) is 2.80. The third kappa shape index (κ3) is 4.48. The summed E-state index contributed by atoms with van der Waals surface area (Å²) in [5.74, 6) is 0. The number of benzene rings is 1. The molecule has 2 aromatic rings. The van der Waals surface area contributed by atoms with Gasteiger partial charge in [0.05, 0.1) is 10.7 Å². The molecule has 0 N–H and O–H groups in total. The molecular weight excluding hydrogens is 332 g/mol. The van der Waals surface area contributed by atoms with E-state index in [0.717, 1.165) is 22.7 Å². The predicted octanol–water partition coefficient (Wildman–Crippen LogP) is 5.14. The Bertz CT molecular complexity index is 802. The van der Waals surface area contributed by atoms with Gasteiger partial charge in [0.1, 0.15) is 5.60 Å². The maximum absolute atomic E-state index is 12.2. The van der Waals surface area contributed by atoms with E-state index in [4.69, 9.17) is 4.74 Å². The lowest BCUT2D eigenvalue weighted by atomic mass is 9.97. The monoisotopic (exact) mass is 356 g/mol. The van der Waals surface area contributed by atoms with Gasteiger partial charge in [0.25, 0.3) is 0 Å². The first-order chi connectivity index (χ1) is 11.8. The van der Waals surface area contributed by atoms with Crippen LogP contribution in [0.1, 0.15) is 37.8 Å². The van der Waals surface area contributed by atoms with Crippen molar-refractivity contribution in [3.63, 3.8) is 0 Å². The number of hydrogen-bond acceptors (Lipinski definition) is 4. The molecule has 2 heterocycles. The molecule has 5 heteroatoms. The van der Waals surface area contributed by atoms with Gasteiger partial charge in [0.2, 0.25) is 0 Å². The van der Waals surface area contributed by atoms with Crippen molar-refractivity contribution in [2.24, 2.45) is 0 Å². The molecule has 0 saturated carbocycles. The molecule has 25 heavy (non-hydrogen) atoms. The molecular formula is C20H24N2O2S. The van der Waals surface area contributed by atoms with Crippen molar-refractivity contribution in [1.82, 2.24) is 9.88 Å². The number of hydrogen-bond donors (Lipinski definition) is 0. The topological polar surface area (TPSA) is 42.4 Å². The highest BCUT2D eigenvalue weighted by Crippen LogP contribution is 2.28. The molecule has 3 rings (SSSR count). The van der Waals surface area contributed by atoms with Gasteiger partial charge in [-0.25, -0.2) is 9.78 Å². The molecule has 0 fully saturated rings. The first kappa shape index (κ1) is 17.7. The molecule has 0 spiro atoms. The van der Waals surface area contributed by atoms with Gasteiger partial charge in [-0.3, -0.25) is 0 Å². The van der Waals surface area contributed by atoms with E-state index < -0.39 is 5.60 Å². The number of aryl methyl sites for hydroxylation is 1. The molecule has 0 atom stereocenters. The van der Waals surface area contributed by atoms with E-state index in [1.54, 1.807) is 16.2 Å². The van der Waals surface area contributed by atoms with Crippen LogP contribution in [0.25, 0.3) is 16.8 Å². The molecule has 1 aromatic heterocycles. The quantitative estimate of drug-likeness (QED) is 0.748. The number of carbonyl (C=O) groups excluding carboxylic acids is 1. The van der Waals surface area contributed by atoms with Crippen LogP contribution in [-0.2, 0) is 4.74 Å². The number of carbonyl (C=O) groups is 1. The molecule has 0 radical (unpaired) electrons. The van der Waals surface area contributed by atoms with Gasteiger partial charge in [-0.05, 0) is 51.3 Å². The van der Waals surface area contributed by atoms with Crippen LogP contribution in [0.5, 0.6) is 0 Å². The Morgan fingerprint density at radius 3 is 2.64 bits per heavy atom. The van der Waals surface area contributed by atoms with Crippen molar-refractivity contribution in [3.05, 3.63) is 46.3 Å². The molecule has 0 saturated heterocycles. The molecule has 0 unspecified atom stereocenters. The van der Waals surface area contributed by atoms with Gasteiger partial charge in [-0.2, -0.15) is 0 Å². The van der Waals surface area contributed by atoms with Gasteiger partial charge >= 0.3 is 6.09 Å². The summed E-state index contributed by atoms with van der Waals surface area (Å²) in [5.41, 5.74) is 4.18. The Morgan fingerprint density at radius 1 is 1.28 bits per heavy atom. The summed E-state index contributed by atoms with van der Waals surface area (Å²) < 4.78 is 5.45. The lowest BCUT2D eigenvalue weighted by molar-refractivity contribution is 0.0270. The van der Waals surface area contributed by atoms with Gasteiger partial charge in [0, 0.05) is 24.0 Å². The Balaban J connectivity index is 1.73. The molecule has 0 bridgehead atoms. The second-order valence-corrected chi connectivity index (χ2v) is 8.30.